The Balaban J connectivity index is 2.72. The van der Waals surface area contributed by atoms with Crippen molar-refractivity contribution in [2.45, 2.75) is 42.1 Å². The lowest BCUT2D eigenvalue weighted by molar-refractivity contribution is 0.399. The van der Waals surface area contributed by atoms with Crippen LogP contribution in [0.25, 0.3) is 0 Å². The maximum absolute atomic E-state index is 5.99. The van der Waals surface area contributed by atoms with Gasteiger partial charge >= 0.3 is 0 Å². The van der Waals surface area contributed by atoms with Crippen molar-refractivity contribution in [1.82, 2.24) is 0 Å². The molecule has 1 saturated carbocycles. The van der Waals surface area contributed by atoms with Gasteiger partial charge in [-0.15, -0.1) is 0 Å². The third-order valence-electron chi connectivity index (χ3n) is 2.27. The minimum absolute atomic E-state index is 0.703. The quantitative estimate of drug-likeness (QED) is 0.353. The van der Waals surface area contributed by atoms with Crippen LogP contribution in [-0.4, -0.2) is 10.00 Å². The first-order valence-corrected chi connectivity index (χ1v) is 4.67. The van der Waals surface area contributed by atoms with Crippen LogP contribution in [0, 0.1) is 0 Å². The van der Waals surface area contributed by atoms with Gasteiger partial charge in [-0.1, -0.05) is 42.5 Å². The van der Waals surface area contributed by atoms with Crippen molar-refractivity contribution in [1.29, 1.82) is 0 Å². The number of rotatable bonds is 0. The average Bonchev–Trinajstić information content (AvgIpc) is 1.94. The van der Waals surface area contributed by atoms with Gasteiger partial charge in [0.05, 0.1) is 0 Å². The molecule has 11 heavy (non-hydrogen) atoms. The number of hydrogen-bond acceptors (Lipinski definition) is 2. The molecule has 4 heteroatoms. The largest absolute Gasteiger partial charge is 0.310 e. The highest BCUT2D eigenvalue weighted by Gasteiger charge is 2.43. The molecule has 0 aromatic heterocycles. The van der Waals surface area contributed by atoms with E-state index in [0.29, 0.717) is 12.8 Å². The Morgan fingerprint density at radius 2 is 1.18 bits per heavy atom. The molecule has 0 bridgehead atoms. The first-order chi connectivity index (χ1) is 4.96. The zero-order valence-corrected chi connectivity index (χ0v) is 7.96. The second-order valence-corrected chi connectivity index (χ2v) is 4.63. The van der Waals surface area contributed by atoms with Gasteiger partial charge < -0.3 is 11.5 Å². The summed E-state index contributed by atoms with van der Waals surface area (Å²) in [5.41, 5.74) is 11.5. The molecular formula is C7H14Cl2N2. The van der Waals surface area contributed by atoms with Gasteiger partial charge in [-0.3, -0.25) is 0 Å². The molecule has 0 saturated heterocycles. The van der Waals surface area contributed by atoms with E-state index in [1.807, 2.05) is 0 Å². The number of alkyl halides is 2. The molecule has 0 aromatic rings. The van der Waals surface area contributed by atoms with Crippen molar-refractivity contribution in [3.05, 3.63) is 0 Å². The normalized spacial score (nSPS) is 46.9. The summed E-state index contributed by atoms with van der Waals surface area (Å²) in [5.74, 6) is 0. The van der Waals surface area contributed by atoms with Crippen LogP contribution >= 0.6 is 23.2 Å². The van der Waals surface area contributed by atoms with Crippen LogP contribution in [0.1, 0.15) is 32.1 Å². The van der Waals surface area contributed by atoms with E-state index in [2.05, 4.69) is 0 Å². The third-order valence-corrected chi connectivity index (χ3v) is 3.42. The van der Waals surface area contributed by atoms with Gasteiger partial charge in [0.25, 0.3) is 0 Å². The lowest BCUT2D eigenvalue weighted by atomic mass is 10.0. The highest BCUT2D eigenvalue weighted by molar-refractivity contribution is 6.34. The summed E-state index contributed by atoms with van der Waals surface area (Å²) in [6.45, 7) is 0. The standard InChI is InChI=1S/C7H14Cl2N2/c8-6(10)4-2-1-3-5-7(6,9)11/h1-5,10-11H2/t6-,7+. The summed E-state index contributed by atoms with van der Waals surface area (Å²) in [7, 11) is 0. The maximum atomic E-state index is 5.99. The van der Waals surface area contributed by atoms with Gasteiger partial charge in [0.2, 0.25) is 0 Å². The predicted molar refractivity (Wildman–Crippen MR) is 48.6 cm³/mol. The Bertz CT molecular complexity index is 129. The highest BCUT2D eigenvalue weighted by Crippen LogP contribution is 2.37. The second kappa shape index (κ2) is 3.09. The van der Waals surface area contributed by atoms with Crippen LogP contribution in [0.3, 0.4) is 0 Å². The van der Waals surface area contributed by atoms with Crippen molar-refractivity contribution in [2.75, 3.05) is 0 Å². The Labute approximate surface area is 77.2 Å². The fraction of sp³-hybridized carbons (Fsp3) is 1.00. The van der Waals surface area contributed by atoms with Gasteiger partial charge in [0.15, 0.2) is 0 Å². The van der Waals surface area contributed by atoms with E-state index in [0.717, 1.165) is 19.3 Å². The van der Waals surface area contributed by atoms with E-state index in [1.54, 1.807) is 0 Å². The summed E-state index contributed by atoms with van der Waals surface area (Å²) in [6.07, 6.45) is 4.57. The second-order valence-electron chi connectivity index (χ2n) is 3.29. The summed E-state index contributed by atoms with van der Waals surface area (Å²) in [4.78, 5) is -1.85. The van der Waals surface area contributed by atoms with E-state index < -0.39 is 10.00 Å². The Morgan fingerprint density at radius 3 is 1.55 bits per heavy atom. The van der Waals surface area contributed by atoms with Gasteiger partial charge in [-0.2, -0.15) is 0 Å². The number of hydrogen-bond donors (Lipinski definition) is 2. The molecule has 66 valence electrons. The zero-order chi connectivity index (χ0) is 8.54. The maximum Gasteiger partial charge on any atom is 0.123 e. The van der Waals surface area contributed by atoms with Crippen molar-refractivity contribution in [3.63, 3.8) is 0 Å². The van der Waals surface area contributed by atoms with Crippen LogP contribution < -0.4 is 11.5 Å². The van der Waals surface area contributed by atoms with Crippen LogP contribution in [-0.2, 0) is 0 Å². The monoisotopic (exact) mass is 196 g/mol. The molecule has 1 rings (SSSR count). The van der Waals surface area contributed by atoms with E-state index >= 15 is 0 Å². The molecule has 0 spiro atoms. The number of nitrogens with two attached hydrogens (primary N) is 2. The van der Waals surface area contributed by atoms with Crippen molar-refractivity contribution in [3.8, 4) is 0 Å². The molecule has 2 atom stereocenters. The van der Waals surface area contributed by atoms with Gasteiger partial charge in [-0.25, -0.2) is 0 Å². The molecule has 0 radical (unpaired) electrons. The first-order valence-electron chi connectivity index (χ1n) is 3.91. The molecule has 4 N–H and O–H groups in total. The molecule has 0 unspecified atom stereocenters. The summed E-state index contributed by atoms with van der Waals surface area (Å²) in [6, 6.07) is 0. The molecule has 1 fully saturated rings. The average molecular weight is 197 g/mol. The van der Waals surface area contributed by atoms with Crippen LogP contribution in [0.2, 0.25) is 0 Å². The Morgan fingerprint density at radius 1 is 0.818 bits per heavy atom. The molecule has 0 aromatic carbocycles. The van der Waals surface area contributed by atoms with E-state index in [1.165, 1.54) is 0 Å². The smallest absolute Gasteiger partial charge is 0.123 e. The summed E-state index contributed by atoms with van der Waals surface area (Å²) >= 11 is 12.0. The lowest BCUT2D eigenvalue weighted by Crippen LogP contribution is -2.58. The zero-order valence-electron chi connectivity index (χ0n) is 6.45. The molecule has 2 nitrogen and oxygen atoms in total. The van der Waals surface area contributed by atoms with Gasteiger partial charge in [0.1, 0.15) is 10.00 Å². The fourth-order valence-corrected chi connectivity index (χ4v) is 1.81. The predicted octanol–water partition coefficient (Wildman–Crippen LogP) is 1.74. The molecule has 0 aliphatic heterocycles. The van der Waals surface area contributed by atoms with Crippen molar-refractivity contribution in [2.24, 2.45) is 11.5 Å². The molecule has 0 amide bonds. The van der Waals surface area contributed by atoms with Gasteiger partial charge in [0, 0.05) is 0 Å². The van der Waals surface area contributed by atoms with Crippen LogP contribution in [0.15, 0.2) is 0 Å². The molecule has 1 aliphatic rings. The molecule has 0 heterocycles. The van der Waals surface area contributed by atoms with Crippen LogP contribution in [0.5, 0.6) is 0 Å². The first kappa shape index (κ1) is 9.59. The van der Waals surface area contributed by atoms with Crippen molar-refractivity contribution >= 4 is 23.2 Å². The van der Waals surface area contributed by atoms with Crippen molar-refractivity contribution < 1.29 is 0 Å². The van der Waals surface area contributed by atoms with Gasteiger partial charge in [-0.05, 0) is 12.8 Å². The minimum Gasteiger partial charge on any atom is -0.310 e. The SMILES string of the molecule is N[C@]1(Cl)CCCCC[C@@]1(N)Cl. The van der Waals surface area contributed by atoms with E-state index in [4.69, 9.17) is 34.7 Å². The highest BCUT2D eigenvalue weighted by atomic mass is 35.5. The third kappa shape index (κ3) is 2.00. The topological polar surface area (TPSA) is 52.0 Å². The summed E-state index contributed by atoms with van der Waals surface area (Å²) in [5, 5.41) is 0. The van der Waals surface area contributed by atoms with E-state index in [-0.39, 0.29) is 0 Å². The minimum atomic E-state index is -0.926. The molecule has 1 aliphatic carbocycles. The Hall–Kier alpha value is 0.500. The van der Waals surface area contributed by atoms with Crippen LogP contribution in [0.4, 0.5) is 0 Å². The fourth-order valence-electron chi connectivity index (χ4n) is 1.36. The Kier molecular flexibility index (Phi) is 2.70. The summed E-state index contributed by atoms with van der Waals surface area (Å²) < 4.78 is 0. The van der Waals surface area contributed by atoms with E-state index in [9.17, 15) is 0 Å². The lowest BCUT2D eigenvalue weighted by Gasteiger charge is -2.34. The number of halogens is 2. The molecular weight excluding hydrogens is 183 g/mol.